The van der Waals surface area contributed by atoms with Gasteiger partial charge in [0, 0.05) is 47.6 Å². The van der Waals surface area contributed by atoms with Crippen LogP contribution in [-0.4, -0.2) is 54.2 Å². The molecule has 0 N–H and O–H groups in total. The minimum atomic E-state index is 0.571. The third-order valence-corrected chi connectivity index (χ3v) is 12.8. The largest absolute Gasteiger partial charge is 0.455 e. The first kappa shape index (κ1) is 33.5. The van der Waals surface area contributed by atoms with Crippen molar-refractivity contribution in [3.63, 3.8) is 0 Å². The third kappa shape index (κ3) is 5.38. The molecule has 3 heterocycles. The van der Waals surface area contributed by atoms with Gasteiger partial charge in [0.05, 0.1) is 5.56 Å². The molecule has 7 aromatic carbocycles. The molecule has 0 aliphatic carbocycles. The number of benzene rings is 7. The second-order valence-electron chi connectivity index (χ2n) is 14.5. The lowest BCUT2D eigenvalue weighted by molar-refractivity contribution is 0.669. The molecule has 10 rings (SSSR count). The lowest BCUT2D eigenvalue weighted by Gasteiger charge is -2.20. The van der Waals surface area contributed by atoms with Crippen molar-refractivity contribution in [1.82, 2.24) is 15.0 Å². The van der Waals surface area contributed by atoms with Gasteiger partial charge < -0.3 is 4.42 Å². The Morgan fingerprint density at radius 1 is 0.436 bits per heavy atom. The number of aromatic nitrogens is 3. The number of hydrogen-bond acceptors (Lipinski definition) is 5. The van der Waals surface area contributed by atoms with Crippen molar-refractivity contribution in [3.05, 3.63) is 133 Å². The highest BCUT2D eigenvalue weighted by Crippen LogP contribution is 2.45. The monoisotopic (exact) mass is 717 g/mol. The Balaban J connectivity index is 1.18. The average Bonchev–Trinajstić information content (AvgIpc) is 3.81. The highest BCUT2D eigenvalue weighted by Gasteiger charge is 2.21. The first-order valence-corrected chi connectivity index (χ1v) is 19.5. The van der Waals surface area contributed by atoms with E-state index in [4.69, 9.17) is 19.4 Å². The van der Waals surface area contributed by atoms with Gasteiger partial charge in [0.2, 0.25) is 0 Å². The maximum absolute atomic E-state index is 6.80. The fourth-order valence-corrected chi connectivity index (χ4v) is 9.53. The van der Waals surface area contributed by atoms with Crippen molar-refractivity contribution in [1.29, 1.82) is 0 Å². The number of thiophene rings is 1. The van der Waals surface area contributed by atoms with E-state index >= 15 is 0 Å². The van der Waals surface area contributed by atoms with Gasteiger partial charge in [-0.2, -0.15) is 0 Å². The van der Waals surface area contributed by atoms with Gasteiger partial charge in [-0.1, -0.05) is 120 Å². The molecule has 0 fully saturated rings. The van der Waals surface area contributed by atoms with Gasteiger partial charge in [0.1, 0.15) is 50.4 Å². The Morgan fingerprint density at radius 3 is 1.80 bits per heavy atom. The van der Waals surface area contributed by atoms with Gasteiger partial charge in [0.15, 0.2) is 17.5 Å². The van der Waals surface area contributed by atoms with E-state index in [-0.39, 0.29) is 0 Å². The van der Waals surface area contributed by atoms with E-state index in [1.54, 1.807) is 0 Å². The summed E-state index contributed by atoms with van der Waals surface area (Å²) in [5, 5.41) is 4.68. The second-order valence-corrected chi connectivity index (χ2v) is 15.5. The Kier molecular flexibility index (Phi) is 7.93. The number of nitrogens with zero attached hydrogens (tertiary/aromatic N) is 3. The van der Waals surface area contributed by atoms with Crippen molar-refractivity contribution in [3.8, 4) is 56.4 Å². The number of para-hydroxylation sites is 1. The molecule has 3 aromatic heterocycles. The molecule has 10 heteroatoms. The summed E-state index contributed by atoms with van der Waals surface area (Å²) in [5.74, 6) is 1.80. The topological polar surface area (TPSA) is 51.8 Å². The molecule has 0 saturated carbocycles. The smallest absolute Gasteiger partial charge is 0.167 e. The molecule has 0 amide bonds. The van der Waals surface area contributed by atoms with Crippen molar-refractivity contribution >= 4 is 120 Å². The molecule has 0 atom stereocenters. The molecular weight excluding hydrogens is 685 g/mol. The van der Waals surface area contributed by atoms with Crippen LogP contribution >= 0.6 is 11.3 Å². The lowest BCUT2D eigenvalue weighted by atomic mass is 9.59. The minimum absolute atomic E-state index is 0.571. The SMILES string of the molecule is Bc1c(B)c(B)c(-c2cccc(-c3nc(-c4ccccc4)nc(-c4cccc5c4oc4cccc(-c6cccc7c6sc6ccccc67)c45)n3)c2)c(B)c1B. The molecule has 0 spiro atoms. The molecule has 0 radical (unpaired) electrons. The fraction of sp³-hybridized carbons (Fsp3) is 0. The van der Waals surface area contributed by atoms with Crippen LogP contribution in [0.2, 0.25) is 0 Å². The molecule has 0 bridgehead atoms. The molecule has 0 aliphatic heterocycles. The Morgan fingerprint density at radius 2 is 1.00 bits per heavy atom. The van der Waals surface area contributed by atoms with Crippen LogP contribution in [0.3, 0.4) is 0 Å². The molecule has 254 valence electrons. The first-order chi connectivity index (χ1) is 26.9. The summed E-state index contributed by atoms with van der Waals surface area (Å²) in [4.78, 5) is 15.4. The Bertz CT molecular complexity index is 3150. The quantitative estimate of drug-likeness (QED) is 0.255. The summed E-state index contributed by atoms with van der Waals surface area (Å²) in [6.07, 6.45) is 0. The van der Waals surface area contributed by atoms with Crippen LogP contribution < -0.4 is 27.3 Å². The first-order valence-electron chi connectivity index (χ1n) is 18.7. The van der Waals surface area contributed by atoms with Crippen LogP contribution in [0.4, 0.5) is 0 Å². The summed E-state index contributed by atoms with van der Waals surface area (Å²) >= 11 is 1.84. The Labute approximate surface area is 327 Å². The Hall–Kier alpha value is -6.11. The molecule has 10 aromatic rings. The van der Waals surface area contributed by atoms with Gasteiger partial charge in [-0.15, -0.1) is 27.7 Å². The zero-order valence-corrected chi connectivity index (χ0v) is 32.2. The predicted molar refractivity (Wildman–Crippen MR) is 248 cm³/mol. The summed E-state index contributed by atoms with van der Waals surface area (Å²) in [7, 11) is 11.1. The maximum Gasteiger partial charge on any atom is 0.167 e. The van der Waals surface area contributed by atoms with Crippen LogP contribution in [0.15, 0.2) is 138 Å². The lowest BCUT2D eigenvalue weighted by Crippen LogP contribution is -2.55. The van der Waals surface area contributed by atoms with E-state index in [2.05, 4.69) is 142 Å². The number of furan rings is 1. The third-order valence-electron chi connectivity index (χ3n) is 11.5. The summed E-state index contributed by atoms with van der Waals surface area (Å²) in [5.41, 5.74) is 15.7. The normalized spacial score (nSPS) is 11.6. The summed E-state index contributed by atoms with van der Waals surface area (Å²) in [6.45, 7) is 0. The van der Waals surface area contributed by atoms with Crippen molar-refractivity contribution in [2.75, 3.05) is 0 Å². The molecule has 55 heavy (non-hydrogen) atoms. The number of hydrogen-bond donors (Lipinski definition) is 0. The highest BCUT2D eigenvalue weighted by molar-refractivity contribution is 7.26. The zero-order valence-electron chi connectivity index (χ0n) is 31.4. The molecule has 0 unspecified atom stereocenters. The fourth-order valence-electron chi connectivity index (χ4n) is 8.30. The van der Waals surface area contributed by atoms with Crippen LogP contribution in [-0.2, 0) is 0 Å². The highest BCUT2D eigenvalue weighted by atomic mass is 32.1. The van der Waals surface area contributed by atoms with Crippen molar-refractivity contribution < 1.29 is 4.42 Å². The van der Waals surface area contributed by atoms with Crippen LogP contribution in [0.5, 0.6) is 0 Å². The van der Waals surface area contributed by atoms with E-state index in [0.717, 1.165) is 49.8 Å². The molecule has 0 saturated heterocycles. The van der Waals surface area contributed by atoms with Gasteiger partial charge in [-0.25, -0.2) is 15.0 Å². The van der Waals surface area contributed by atoms with E-state index in [9.17, 15) is 0 Å². The second kappa shape index (κ2) is 13.0. The van der Waals surface area contributed by atoms with Crippen LogP contribution in [0, 0.1) is 0 Å². The summed E-state index contributed by atoms with van der Waals surface area (Å²) < 4.78 is 9.37. The molecule has 0 aliphatic rings. The minimum Gasteiger partial charge on any atom is -0.455 e. The number of fused-ring (bicyclic) bond motifs is 6. The average molecular weight is 717 g/mol. The maximum atomic E-state index is 6.80. The summed E-state index contributed by atoms with van der Waals surface area (Å²) in [6, 6.07) is 46.7. The van der Waals surface area contributed by atoms with Crippen molar-refractivity contribution in [2.24, 2.45) is 0 Å². The van der Waals surface area contributed by atoms with E-state index in [1.165, 1.54) is 58.6 Å². The van der Waals surface area contributed by atoms with Crippen LogP contribution in [0.25, 0.3) is 98.5 Å². The zero-order chi connectivity index (χ0) is 37.4. The van der Waals surface area contributed by atoms with Gasteiger partial charge in [0.25, 0.3) is 0 Å². The predicted octanol–water partition coefficient (Wildman–Crippen LogP) is 3.77. The van der Waals surface area contributed by atoms with E-state index in [1.807, 2.05) is 41.7 Å². The van der Waals surface area contributed by atoms with Gasteiger partial charge in [-0.3, -0.25) is 0 Å². The molecule has 4 nitrogen and oxygen atoms in total. The standard InChI is InChI=1S/C45H32B5N3OS/c46-36-34(37(47)39(49)40(50)38(36)48)24-12-6-13-25(22-24)44-51-43(23-10-2-1-3-11-23)52-45(53-44)31-19-8-18-30-35-27(15-9-20-32(35)54-41(30)31)29-17-7-16-28-26-14-4-5-21-33(26)55-42(28)29/h1-22H,46-50H2. The van der Waals surface area contributed by atoms with Gasteiger partial charge >= 0.3 is 0 Å². The molecular formula is C45H32B5N3OS. The van der Waals surface area contributed by atoms with Gasteiger partial charge in [-0.05, 0) is 41.0 Å². The van der Waals surface area contributed by atoms with Crippen LogP contribution in [0.1, 0.15) is 0 Å². The van der Waals surface area contributed by atoms with E-state index in [0.29, 0.717) is 17.5 Å². The van der Waals surface area contributed by atoms with Crippen molar-refractivity contribution in [2.45, 2.75) is 0 Å². The van der Waals surface area contributed by atoms with E-state index < -0.39 is 0 Å². The number of rotatable bonds is 5.